The third-order valence-corrected chi connectivity index (χ3v) is 5.02. The maximum atomic E-state index is 2.46. The smallest absolute Gasteiger partial charge is 0.0484 e. The van der Waals surface area contributed by atoms with E-state index < -0.39 is 0 Å². The van der Waals surface area contributed by atoms with Gasteiger partial charge in [-0.25, -0.2) is 0 Å². The third-order valence-electron chi connectivity index (χ3n) is 5.02. The fraction of sp³-hybridized carbons (Fsp3) is 0.412. The highest BCUT2D eigenvalue weighted by Gasteiger charge is 2.40. The Labute approximate surface area is 114 Å². The monoisotopic (exact) mass is 252 g/mol. The van der Waals surface area contributed by atoms with Gasteiger partial charge in [-0.1, -0.05) is 18.2 Å². The number of hydrogen-bond donors (Lipinski definition) is 0. The summed E-state index contributed by atoms with van der Waals surface area (Å²) in [5.41, 5.74) is 4.78. The predicted molar refractivity (Wildman–Crippen MR) is 77.9 cm³/mol. The summed E-state index contributed by atoms with van der Waals surface area (Å²) >= 11 is 0. The van der Waals surface area contributed by atoms with Gasteiger partial charge in [-0.05, 0) is 63.2 Å². The van der Waals surface area contributed by atoms with Crippen LogP contribution in [0.4, 0.5) is 0 Å². The number of rotatable bonds is 0. The van der Waals surface area contributed by atoms with Crippen molar-refractivity contribution in [1.29, 1.82) is 0 Å². The van der Waals surface area contributed by atoms with Gasteiger partial charge in [0.25, 0.3) is 0 Å². The van der Waals surface area contributed by atoms with Crippen molar-refractivity contribution < 1.29 is 0 Å². The third kappa shape index (κ3) is 1.59. The van der Waals surface area contributed by atoms with E-state index >= 15 is 0 Å². The Kier molecular flexibility index (Phi) is 2.36. The maximum Gasteiger partial charge on any atom is 0.0484 e. The zero-order valence-electron chi connectivity index (χ0n) is 11.5. The largest absolute Gasteiger partial charge is 0.320 e. The van der Waals surface area contributed by atoms with E-state index in [1.165, 1.54) is 49.3 Å². The molecule has 0 unspecified atom stereocenters. The molecule has 19 heavy (non-hydrogen) atoms. The van der Waals surface area contributed by atoms with Crippen LogP contribution in [-0.2, 0) is 11.8 Å². The minimum Gasteiger partial charge on any atom is -0.320 e. The predicted octanol–water partition coefficient (Wildman–Crippen LogP) is 3.00. The van der Waals surface area contributed by atoms with Gasteiger partial charge in [0.1, 0.15) is 0 Å². The summed E-state index contributed by atoms with van der Waals surface area (Å²) in [5.74, 6) is 0. The molecule has 2 heteroatoms. The molecule has 3 heterocycles. The first-order valence-corrected chi connectivity index (χ1v) is 7.23. The van der Waals surface area contributed by atoms with Crippen molar-refractivity contribution in [3.63, 3.8) is 0 Å². The molecule has 98 valence electrons. The molecule has 1 aromatic carbocycles. The summed E-state index contributed by atoms with van der Waals surface area (Å²) < 4.78 is 2.42. The number of hydrogen-bond acceptors (Lipinski definition) is 1. The number of piperidine rings is 1. The Hall–Kier alpha value is -1.54. The fourth-order valence-electron chi connectivity index (χ4n) is 3.85. The van der Waals surface area contributed by atoms with Crippen molar-refractivity contribution in [3.8, 4) is 5.69 Å². The molecular formula is C17H20N2. The first-order valence-electron chi connectivity index (χ1n) is 7.23. The van der Waals surface area contributed by atoms with Gasteiger partial charge in [0.15, 0.2) is 0 Å². The van der Waals surface area contributed by atoms with E-state index in [4.69, 9.17) is 0 Å². The molecule has 2 aliphatic rings. The number of benzene rings is 1. The van der Waals surface area contributed by atoms with Crippen LogP contribution in [0.15, 0.2) is 42.6 Å². The van der Waals surface area contributed by atoms with E-state index in [-0.39, 0.29) is 0 Å². The molecule has 1 fully saturated rings. The lowest BCUT2D eigenvalue weighted by atomic mass is 9.69. The van der Waals surface area contributed by atoms with E-state index in [0.717, 1.165) is 0 Å². The topological polar surface area (TPSA) is 8.17 Å². The molecule has 0 amide bonds. The highest BCUT2D eigenvalue weighted by Crippen LogP contribution is 2.43. The Bertz CT molecular complexity index is 603. The van der Waals surface area contributed by atoms with Crippen LogP contribution in [0.1, 0.15) is 24.1 Å². The number of para-hydroxylation sites is 1. The SMILES string of the molecule is CN1CCC2(CC1)Cc1ccccc1-n1cccc12. The second kappa shape index (κ2) is 3.97. The van der Waals surface area contributed by atoms with Gasteiger partial charge in [0.2, 0.25) is 0 Å². The summed E-state index contributed by atoms with van der Waals surface area (Å²) in [6, 6.07) is 13.4. The van der Waals surface area contributed by atoms with E-state index in [9.17, 15) is 0 Å². The summed E-state index contributed by atoms with van der Waals surface area (Å²) in [7, 11) is 2.24. The molecule has 1 saturated heterocycles. The molecule has 2 nitrogen and oxygen atoms in total. The molecule has 0 atom stereocenters. The van der Waals surface area contributed by atoms with Crippen molar-refractivity contribution >= 4 is 0 Å². The van der Waals surface area contributed by atoms with Crippen LogP contribution in [0, 0.1) is 0 Å². The Morgan fingerprint density at radius 2 is 1.79 bits per heavy atom. The normalized spacial score (nSPS) is 21.1. The van der Waals surface area contributed by atoms with Crippen LogP contribution in [0.3, 0.4) is 0 Å². The molecule has 1 spiro atoms. The molecule has 0 radical (unpaired) electrons. The van der Waals surface area contributed by atoms with E-state index in [0.29, 0.717) is 5.41 Å². The quantitative estimate of drug-likeness (QED) is 0.700. The lowest BCUT2D eigenvalue weighted by Crippen LogP contribution is -2.45. The zero-order valence-corrected chi connectivity index (χ0v) is 11.5. The van der Waals surface area contributed by atoms with E-state index in [2.05, 4.69) is 59.1 Å². The Morgan fingerprint density at radius 1 is 1.00 bits per heavy atom. The molecule has 0 bridgehead atoms. The molecule has 2 aromatic rings. The van der Waals surface area contributed by atoms with Crippen molar-refractivity contribution in [2.75, 3.05) is 20.1 Å². The summed E-state index contributed by atoms with van der Waals surface area (Å²) in [6.45, 7) is 2.43. The molecule has 4 rings (SSSR count). The lowest BCUT2D eigenvalue weighted by Gasteiger charge is -2.44. The van der Waals surface area contributed by atoms with Crippen LogP contribution >= 0.6 is 0 Å². The standard InChI is InChI=1S/C17H20N2/c1-18-11-8-17(9-12-18)13-14-5-2-3-6-15(14)19-10-4-7-16(17)19/h2-7,10H,8-9,11-13H2,1H3. The van der Waals surface area contributed by atoms with Crippen LogP contribution in [0.2, 0.25) is 0 Å². The first-order chi connectivity index (χ1) is 9.28. The van der Waals surface area contributed by atoms with Gasteiger partial charge < -0.3 is 9.47 Å². The number of nitrogens with zero attached hydrogens (tertiary/aromatic N) is 2. The van der Waals surface area contributed by atoms with Gasteiger partial charge in [-0.3, -0.25) is 0 Å². The van der Waals surface area contributed by atoms with E-state index in [1.54, 1.807) is 0 Å². The molecular weight excluding hydrogens is 232 g/mol. The number of fused-ring (bicyclic) bond motifs is 4. The number of likely N-dealkylation sites (tertiary alicyclic amines) is 1. The average Bonchev–Trinajstić information content (AvgIpc) is 2.93. The molecule has 0 saturated carbocycles. The van der Waals surface area contributed by atoms with Crippen LogP contribution < -0.4 is 0 Å². The molecule has 2 aliphatic heterocycles. The van der Waals surface area contributed by atoms with Gasteiger partial charge >= 0.3 is 0 Å². The van der Waals surface area contributed by atoms with Crippen LogP contribution in [-0.4, -0.2) is 29.6 Å². The average molecular weight is 252 g/mol. The zero-order chi connectivity index (χ0) is 12.9. The highest BCUT2D eigenvalue weighted by molar-refractivity contribution is 5.49. The first kappa shape index (κ1) is 11.3. The second-order valence-corrected chi connectivity index (χ2v) is 6.15. The van der Waals surface area contributed by atoms with Gasteiger partial charge in [-0.2, -0.15) is 0 Å². The van der Waals surface area contributed by atoms with E-state index in [1.807, 2.05) is 0 Å². The fourth-order valence-corrected chi connectivity index (χ4v) is 3.85. The van der Waals surface area contributed by atoms with Crippen molar-refractivity contribution in [2.24, 2.45) is 0 Å². The van der Waals surface area contributed by atoms with Gasteiger partial charge in [0.05, 0.1) is 0 Å². The lowest BCUT2D eigenvalue weighted by molar-refractivity contribution is 0.178. The molecule has 0 aliphatic carbocycles. The Balaban J connectivity index is 1.86. The van der Waals surface area contributed by atoms with Crippen molar-refractivity contribution in [3.05, 3.63) is 53.9 Å². The van der Waals surface area contributed by atoms with Gasteiger partial charge in [-0.15, -0.1) is 0 Å². The summed E-state index contributed by atoms with van der Waals surface area (Å²) in [4.78, 5) is 2.46. The molecule has 0 N–H and O–H groups in total. The minimum atomic E-state index is 0.365. The van der Waals surface area contributed by atoms with Crippen molar-refractivity contribution in [2.45, 2.75) is 24.7 Å². The Morgan fingerprint density at radius 3 is 2.63 bits per heavy atom. The second-order valence-electron chi connectivity index (χ2n) is 6.15. The summed E-state index contributed by atoms with van der Waals surface area (Å²) in [5, 5.41) is 0. The minimum absolute atomic E-state index is 0.365. The van der Waals surface area contributed by atoms with Crippen LogP contribution in [0.5, 0.6) is 0 Å². The van der Waals surface area contributed by atoms with Crippen molar-refractivity contribution in [1.82, 2.24) is 9.47 Å². The highest BCUT2D eigenvalue weighted by atomic mass is 15.1. The summed E-state index contributed by atoms with van der Waals surface area (Å²) in [6.07, 6.45) is 6.00. The number of aromatic nitrogens is 1. The van der Waals surface area contributed by atoms with Crippen LogP contribution in [0.25, 0.3) is 5.69 Å². The maximum absolute atomic E-state index is 2.46. The molecule has 1 aromatic heterocycles. The van der Waals surface area contributed by atoms with Gasteiger partial charge in [0, 0.05) is 23.0 Å².